The highest BCUT2D eigenvalue weighted by Gasteiger charge is 2.07. The summed E-state index contributed by atoms with van der Waals surface area (Å²) in [5, 5.41) is 7.84. The van der Waals surface area contributed by atoms with Crippen molar-refractivity contribution in [3.63, 3.8) is 0 Å². The van der Waals surface area contributed by atoms with Crippen LogP contribution in [0.4, 0.5) is 5.95 Å². The molecule has 0 radical (unpaired) electrons. The SMILES string of the molecule is CCCCNc1nc(C)cn1Cc1cscc1C. The maximum Gasteiger partial charge on any atom is 0.203 e. The topological polar surface area (TPSA) is 29.9 Å². The zero-order chi connectivity index (χ0) is 13.0. The van der Waals surface area contributed by atoms with Crippen molar-refractivity contribution in [1.82, 2.24) is 9.55 Å². The molecule has 0 saturated carbocycles. The Morgan fingerprint density at radius 1 is 1.33 bits per heavy atom. The van der Waals surface area contributed by atoms with E-state index in [0.29, 0.717) is 0 Å². The molecule has 0 spiro atoms. The van der Waals surface area contributed by atoms with Gasteiger partial charge in [-0.3, -0.25) is 0 Å². The van der Waals surface area contributed by atoms with E-state index in [1.807, 2.05) is 6.92 Å². The molecule has 3 nitrogen and oxygen atoms in total. The summed E-state index contributed by atoms with van der Waals surface area (Å²) in [5.74, 6) is 0.992. The van der Waals surface area contributed by atoms with Crippen LogP contribution in [0.1, 0.15) is 36.6 Å². The van der Waals surface area contributed by atoms with Gasteiger partial charge in [0.2, 0.25) is 5.95 Å². The maximum atomic E-state index is 4.55. The molecule has 1 N–H and O–H groups in total. The van der Waals surface area contributed by atoms with Crippen molar-refractivity contribution in [3.8, 4) is 0 Å². The minimum absolute atomic E-state index is 0.907. The van der Waals surface area contributed by atoms with E-state index in [0.717, 1.165) is 24.7 Å². The van der Waals surface area contributed by atoms with Crippen LogP contribution in [0.15, 0.2) is 17.0 Å². The number of hydrogen-bond donors (Lipinski definition) is 1. The highest BCUT2D eigenvalue weighted by molar-refractivity contribution is 7.08. The van der Waals surface area contributed by atoms with Crippen LogP contribution in [0.5, 0.6) is 0 Å². The predicted molar refractivity (Wildman–Crippen MR) is 78.5 cm³/mol. The molecule has 0 aliphatic heterocycles. The molecule has 2 rings (SSSR count). The molecule has 18 heavy (non-hydrogen) atoms. The van der Waals surface area contributed by atoms with E-state index < -0.39 is 0 Å². The first-order chi connectivity index (χ1) is 8.70. The number of rotatable bonds is 6. The molecular weight excluding hydrogens is 242 g/mol. The van der Waals surface area contributed by atoms with Crippen LogP contribution >= 0.6 is 11.3 Å². The number of anilines is 1. The minimum Gasteiger partial charge on any atom is -0.356 e. The lowest BCUT2D eigenvalue weighted by molar-refractivity contribution is 0.774. The van der Waals surface area contributed by atoms with Crippen LogP contribution in [-0.2, 0) is 6.54 Å². The lowest BCUT2D eigenvalue weighted by Crippen LogP contribution is -2.09. The fourth-order valence-corrected chi connectivity index (χ4v) is 2.77. The molecule has 0 aliphatic rings. The molecule has 0 fully saturated rings. The van der Waals surface area contributed by atoms with Gasteiger partial charge in [0.15, 0.2) is 0 Å². The van der Waals surface area contributed by atoms with Crippen LogP contribution in [-0.4, -0.2) is 16.1 Å². The van der Waals surface area contributed by atoms with Gasteiger partial charge in [-0.05, 0) is 42.2 Å². The Hall–Kier alpha value is -1.29. The molecule has 0 bridgehead atoms. The summed E-state index contributed by atoms with van der Waals surface area (Å²) in [5.41, 5.74) is 3.82. The van der Waals surface area contributed by atoms with Gasteiger partial charge in [0.05, 0.1) is 12.2 Å². The molecule has 4 heteroatoms. The predicted octanol–water partition coefficient (Wildman–Crippen LogP) is 3.82. The number of aryl methyl sites for hydroxylation is 2. The number of thiophene rings is 1. The lowest BCUT2D eigenvalue weighted by Gasteiger charge is -2.09. The smallest absolute Gasteiger partial charge is 0.203 e. The van der Waals surface area contributed by atoms with Crippen LogP contribution in [0.3, 0.4) is 0 Å². The van der Waals surface area contributed by atoms with Crippen LogP contribution in [0.2, 0.25) is 0 Å². The molecule has 0 aromatic carbocycles. The second kappa shape index (κ2) is 6.05. The average Bonchev–Trinajstić information content (AvgIpc) is 2.88. The molecule has 0 saturated heterocycles. The van der Waals surface area contributed by atoms with E-state index in [1.165, 1.54) is 24.0 Å². The molecule has 2 heterocycles. The first-order valence-corrected chi connectivity index (χ1v) is 7.44. The van der Waals surface area contributed by atoms with E-state index in [4.69, 9.17) is 0 Å². The molecule has 0 aliphatic carbocycles. The van der Waals surface area contributed by atoms with Crippen LogP contribution in [0, 0.1) is 13.8 Å². The van der Waals surface area contributed by atoms with Crippen molar-refractivity contribution in [1.29, 1.82) is 0 Å². The fraction of sp³-hybridized carbons (Fsp3) is 0.500. The average molecular weight is 263 g/mol. The van der Waals surface area contributed by atoms with Crippen LogP contribution in [0.25, 0.3) is 0 Å². The van der Waals surface area contributed by atoms with Gasteiger partial charge >= 0.3 is 0 Å². The Morgan fingerprint density at radius 2 is 2.17 bits per heavy atom. The second-order valence-electron chi connectivity index (χ2n) is 4.69. The van der Waals surface area contributed by atoms with Gasteiger partial charge < -0.3 is 9.88 Å². The molecule has 2 aromatic rings. The maximum absolute atomic E-state index is 4.55. The molecule has 0 amide bonds. The first-order valence-electron chi connectivity index (χ1n) is 6.50. The fourth-order valence-electron chi connectivity index (χ4n) is 1.92. The van der Waals surface area contributed by atoms with E-state index in [9.17, 15) is 0 Å². The van der Waals surface area contributed by atoms with Gasteiger partial charge in [-0.2, -0.15) is 11.3 Å². The standard InChI is InChI=1S/C14H21N3S/c1-4-5-6-15-14-16-12(3)7-17(14)8-13-10-18-9-11(13)2/h7,9-10H,4-6,8H2,1-3H3,(H,15,16). The summed E-state index contributed by atoms with van der Waals surface area (Å²) in [4.78, 5) is 4.55. The Kier molecular flexibility index (Phi) is 4.42. The van der Waals surface area contributed by atoms with Crippen molar-refractivity contribution >= 4 is 17.3 Å². The monoisotopic (exact) mass is 263 g/mol. The van der Waals surface area contributed by atoms with Crippen molar-refractivity contribution < 1.29 is 0 Å². The molecule has 0 atom stereocenters. The van der Waals surface area contributed by atoms with Crippen molar-refractivity contribution in [2.45, 2.75) is 40.2 Å². The Bertz CT molecular complexity index is 499. The Balaban J connectivity index is 2.09. The minimum atomic E-state index is 0.907. The molecule has 0 unspecified atom stereocenters. The van der Waals surface area contributed by atoms with Crippen LogP contribution < -0.4 is 5.32 Å². The lowest BCUT2D eigenvalue weighted by atomic mass is 10.2. The largest absolute Gasteiger partial charge is 0.356 e. The van der Waals surface area contributed by atoms with E-state index in [2.05, 4.69) is 45.7 Å². The summed E-state index contributed by atoms with van der Waals surface area (Å²) in [7, 11) is 0. The third-order valence-corrected chi connectivity index (χ3v) is 3.92. The van der Waals surface area contributed by atoms with E-state index >= 15 is 0 Å². The number of imidazole rings is 1. The zero-order valence-electron chi connectivity index (χ0n) is 11.4. The Morgan fingerprint density at radius 3 is 2.83 bits per heavy atom. The zero-order valence-corrected chi connectivity index (χ0v) is 12.2. The first kappa shape index (κ1) is 13.1. The number of hydrogen-bond acceptors (Lipinski definition) is 3. The quantitative estimate of drug-likeness (QED) is 0.803. The normalized spacial score (nSPS) is 10.8. The Labute approximate surface area is 113 Å². The van der Waals surface area contributed by atoms with Crippen molar-refractivity contribution in [3.05, 3.63) is 33.8 Å². The third-order valence-electron chi connectivity index (χ3n) is 3.01. The number of nitrogens with one attached hydrogen (secondary N) is 1. The van der Waals surface area contributed by atoms with Gasteiger partial charge in [-0.25, -0.2) is 4.98 Å². The highest BCUT2D eigenvalue weighted by atomic mass is 32.1. The number of unbranched alkanes of at least 4 members (excludes halogenated alkanes) is 1. The summed E-state index contributed by atoms with van der Waals surface area (Å²) in [6.45, 7) is 8.32. The highest BCUT2D eigenvalue weighted by Crippen LogP contribution is 2.18. The van der Waals surface area contributed by atoms with Gasteiger partial charge in [-0.15, -0.1) is 0 Å². The number of nitrogens with zero attached hydrogens (tertiary/aromatic N) is 2. The van der Waals surface area contributed by atoms with Gasteiger partial charge in [0, 0.05) is 12.7 Å². The van der Waals surface area contributed by atoms with Gasteiger partial charge in [0.25, 0.3) is 0 Å². The molecular formula is C14H21N3S. The van der Waals surface area contributed by atoms with Gasteiger partial charge in [0.1, 0.15) is 0 Å². The van der Waals surface area contributed by atoms with Crippen molar-refractivity contribution in [2.24, 2.45) is 0 Å². The number of aromatic nitrogens is 2. The third kappa shape index (κ3) is 3.13. The molecule has 98 valence electrons. The summed E-state index contributed by atoms with van der Waals surface area (Å²) >= 11 is 1.77. The van der Waals surface area contributed by atoms with Gasteiger partial charge in [-0.1, -0.05) is 13.3 Å². The van der Waals surface area contributed by atoms with Crippen molar-refractivity contribution in [2.75, 3.05) is 11.9 Å². The van der Waals surface area contributed by atoms with E-state index in [-0.39, 0.29) is 0 Å². The second-order valence-corrected chi connectivity index (χ2v) is 5.44. The molecule has 2 aromatic heterocycles. The summed E-state index contributed by atoms with van der Waals surface area (Å²) in [6.07, 6.45) is 4.51. The van der Waals surface area contributed by atoms with E-state index in [1.54, 1.807) is 11.3 Å². The summed E-state index contributed by atoms with van der Waals surface area (Å²) < 4.78 is 2.21. The summed E-state index contributed by atoms with van der Waals surface area (Å²) in [6, 6.07) is 0.